The lowest BCUT2D eigenvalue weighted by Gasteiger charge is -2.15. The van der Waals surface area contributed by atoms with Gasteiger partial charge in [-0.2, -0.15) is 5.26 Å². The largest absolute Gasteiger partial charge is 0.192 e. The Morgan fingerprint density at radius 2 is 1.11 bits per heavy atom. The van der Waals surface area contributed by atoms with Crippen molar-refractivity contribution >= 4 is 22.4 Å². The topological polar surface area (TPSA) is 23.8 Å². The molecule has 37 heavy (non-hydrogen) atoms. The molecule has 0 fully saturated rings. The van der Waals surface area contributed by atoms with Crippen LogP contribution >= 0.6 is 11.6 Å². The van der Waals surface area contributed by atoms with E-state index in [1.54, 1.807) is 6.07 Å². The molecule has 172 valence electrons. The molecule has 0 atom stereocenters. The highest BCUT2D eigenvalue weighted by molar-refractivity contribution is 6.30. The third kappa shape index (κ3) is 3.39. The van der Waals surface area contributed by atoms with Crippen molar-refractivity contribution in [2.75, 3.05) is 0 Å². The van der Waals surface area contributed by atoms with Crippen LogP contribution in [-0.2, 0) is 0 Å². The monoisotopic (exact) mass is 489 g/mol. The van der Waals surface area contributed by atoms with Crippen molar-refractivity contribution in [1.29, 1.82) is 5.26 Å². The zero-order valence-corrected chi connectivity index (χ0v) is 20.6. The summed E-state index contributed by atoms with van der Waals surface area (Å²) in [4.78, 5) is 0. The molecular weight excluding hydrogens is 470 g/mol. The zero-order valence-electron chi connectivity index (χ0n) is 19.9. The second-order valence-electron chi connectivity index (χ2n) is 9.37. The van der Waals surface area contributed by atoms with Crippen molar-refractivity contribution in [3.05, 3.63) is 132 Å². The number of benzene rings is 6. The second kappa shape index (κ2) is 8.49. The molecule has 6 aromatic rings. The van der Waals surface area contributed by atoms with Crippen LogP contribution in [0.4, 0.5) is 0 Å². The summed E-state index contributed by atoms with van der Waals surface area (Å²) in [6.45, 7) is 0. The Morgan fingerprint density at radius 3 is 1.92 bits per heavy atom. The number of nitriles is 1. The normalized spacial score (nSPS) is 11.4. The van der Waals surface area contributed by atoms with Crippen LogP contribution in [0.15, 0.2) is 121 Å². The quantitative estimate of drug-likeness (QED) is 0.242. The summed E-state index contributed by atoms with van der Waals surface area (Å²) in [5.41, 5.74) is 12.2. The van der Waals surface area contributed by atoms with E-state index in [1.807, 2.05) is 24.3 Å². The molecule has 0 aliphatic heterocycles. The van der Waals surface area contributed by atoms with Crippen molar-refractivity contribution in [1.82, 2.24) is 0 Å². The van der Waals surface area contributed by atoms with Gasteiger partial charge in [0.2, 0.25) is 0 Å². The lowest BCUT2D eigenvalue weighted by molar-refractivity contribution is 1.47. The predicted molar refractivity (Wildman–Crippen MR) is 154 cm³/mol. The molecule has 1 aliphatic carbocycles. The van der Waals surface area contributed by atoms with Gasteiger partial charge in [0.1, 0.15) is 0 Å². The minimum absolute atomic E-state index is 0.564. The number of nitrogens with zero attached hydrogens (tertiary/aromatic N) is 1. The standard InChI is InChI=1S/C35H20ClN/c36-26-17-18-28(25(20-26)21-37)30-12-2-1-11-27(30)23-9-3-10-24(19-23)29-13-6-15-32-31-14-4-7-22-8-5-16-33(34(22)31)35(29)32/h1-20H. The predicted octanol–water partition coefficient (Wildman–Crippen LogP) is 10.0. The molecular formula is C35H20ClN. The Labute approximate surface area is 220 Å². The molecule has 6 aromatic carbocycles. The van der Waals surface area contributed by atoms with Gasteiger partial charge in [0, 0.05) is 10.6 Å². The molecule has 0 bridgehead atoms. The van der Waals surface area contributed by atoms with Crippen molar-refractivity contribution in [3.63, 3.8) is 0 Å². The maximum absolute atomic E-state index is 9.78. The fourth-order valence-electron chi connectivity index (χ4n) is 5.75. The fourth-order valence-corrected chi connectivity index (χ4v) is 5.92. The van der Waals surface area contributed by atoms with Crippen LogP contribution < -0.4 is 0 Å². The molecule has 0 aromatic heterocycles. The van der Waals surface area contributed by atoms with Crippen molar-refractivity contribution in [2.24, 2.45) is 0 Å². The van der Waals surface area contributed by atoms with Gasteiger partial charge in [0.05, 0.1) is 11.6 Å². The molecule has 0 N–H and O–H groups in total. The average Bonchev–Trinajstić information content (AvgIpc) is 3.29. The second-order valence-corrected chi connectivity index (χ2v) is 9.80. The summed E-state index contributed by atoms with van der Waals surface area (Å²) in [5, 5.41) is 12.9. The van der Waals surface area contributed by atoms with E-state index in [9.17, 15) is 5.26 Å². The van der Waals surface area contributed by atoms with Crippen LogP contribution in [0.2, 0.25) is 5.02 Å². The number of hydrogen-bond acceptors (Lipinski definition) is 1. The smallest absolute Gasteiger partial charge is 0.0998 e. The lowest BCUT2D eigenvalue weighted by Crippen LogP contribution is -1.90. The van der Waals surface area contributed by atoms with Gasteiger partial charge >= 0.3 is 0 Å². The summed E-state index contributed by atoms with van der Waals surface area (Å²) < 4.78 is 0. The minimum atomic E-state index is 0.564. The molecule has 0 heterocycles. The van der Waals surface area contributed by atoms with E-state index in [0.717, 1.165) is 22.3 Å². The molecule has 0 radical (unpaired) electrons. The highest BCUT2D eigenvalue weighted by Gasteiger charge is 2.24. The SMILES string of the molecule is N#Cc1cc(Cl)ccc1-c1ccccc1-c1cccc(-c2cccc3c2-c2cccc4cccc-3c24)c1. The molecule has 0 unspecified atom stereocenters. The first-order valence-corrected chi connectivity index (χ1v) is 12.7. The molecule has 0 saturated heterocycles. The Kier molecular flexibility index (Phi) is 4.96. The van der Waals surface area contributed by atoms with Crippen LogP contribution in [0, 0.1) is 11.3 Å². The molecule has 0 saturated carbocycles. The van der Waals surface area contributed by atoms with Gasteiger partial charge in [-0.3, -0.25) is 0 Å². The van der Waals surface area contributed by atoms with Crippen LogP contribution in [-0.4, -0.2) is 0 Å². The molecule has 7 rings (SSSR count). The van der Waals surface area contributed by atoms with Crippen molar-refractivity contribution in [2.45, 2.75) is 0 Å². The van der Waals surface area contributed by atoms with Gasteiger partial charge in [-0.25, -0.2) is 0 Å². The van der Waals surface area contributed by atoms with Crippen LogP contribution in [0.5, 0.6) is 0 Å². The van der Waals surface area contributed by atoms with E-state index < -0.39 is 0 Å². The molecule has 1 aliphatic rings. The van der Waals surface area contributed by atoms with Crippen LogP contribution in [0.25, 0.3) is 66.4 Å². The maximum Gasteiger partial charge on any atom is 0.0998 e. The van der Waals surface area contributed by atoms with Gasteiger partial charge in [0.25, 0.3) is 0 Å². The van der Waals surface area contributed by atoms with Crippen molar-refractivity contribution in [3.8, 4) is 61.7 Å². The van der Waals surface area contributed by atoms with Gasteiger partial charge in [-0.05, 0) is 79.0 Å². The zero-order chi connectivity index (χ0) is 24.9. The van der Waals surface area contributed by atoms with Gasteiger partial charge in [-0.15, -0.1) is 0 Å². The first-order chi connectivity index (χ1) is 18.2. The third-order valence-electron chi connectivity index (χ3n) is 7.33. The van der Waals surface area contributed by atoms with E-state index in [1.165, 1.54) is 44.2 Å². The Morgan fingerprint density at radius 1 is 0.486 bits per heavy atom. The summed E-state index contributed by atoms with van der Waals surface area (Å²) in [5.74, 6) is 0. The summed E-state index contributed by atoms with van der Waals surface area (Å²) in [7, 11) is 0. The summed E-state index contributed by atoms with van der Waals surface area (Å²) >= 11 is 6.19. The summed E-state index contributed by atoms with van der Waals surface area (Å²) in [6, 6.07) is 44.6. The first kappa shape index (κ1) is 21.6. The maximum atomic E-state index is 9.78. The lowest BCUT2D eigenvalue weighted by atomic mass is 9.89. The number of rotatable bonds is 3. The van der Waals surface area contributed by atoms with Gasteiger partial charge in [0.15, 0.2) is 0 Å². The fraction of sp³-hybridized carbons (Fsp3) is 0. The van der Waals surface area contributed by atoms with E-state index in [2.05, 4.69) is 97.1 Å². The Bertz CT molecular complexity index is 1900. The van der Waals surface area contributed by atoms with Gasteiger partial charge < -0.3 is 0 Å². The van der Waals surface area contributed by atoms with Gasteiger partial charge in [-0.1, -0.05) is 115 Å². The first-order valence-electron chi connectivity index (χ1n) is 12.3. The molecule has 1 nitrogen and oxygen atoms in total. The number of fused-ring (bicyclic) bond motifs is 3. The molecule has 0 amide bonds. The van der Waals surface area contributed by atoms with E-state index in [-0.39, 0.29) is 0 Å². The average molecular weight is 490 g/mol. The van der Waals surface area contributed by atoms with E-state index >= 15 is 0 Å². The van der Waals surface area contributed by atoms with Crippen LogP contribution in [0.1, 0.15) is 5.56 Å². The number of halogens is 1. The van der Waals surface area contributed by atoms with E-state index in [0.29, 0.717) is 10.6 Å². The minimum Gasteiger partial charge on any atom is -0.192 e. The highest BCUT2D eigenvalue weighted by Crippen LogP contribution is 2.51. The molecule has 2 heteroatoms. The van der Waals surface area contributed by atoms with E-state index in [4.69, 9.17) is 11.6 Å². The third-order valence-corrected chi connectivity index (χ3v) is 7.57. The molecule has 0 spiro atoms. The highest BCUT2D eigenvalue weighted by atomic mass is 35.5. The summed E-state index contributed by atoms with van der Waals surface area (Å²) in [6.07, 6.45) is 0. The van der Waals surface area contributed by atoms with Crippen LogP contribution in [0.3, 0.4) is 0 Å². The Hall–Kier alpha value is -4.64. The van der Waals surface area contributed by atoms with Crippen molar-refractivity contribution < 1.29 is 0 Å². The number of hydrogen-bond donors (Lipinski definition) is 0. The Balaban J connectivity index is 1.41.